The van der Waals surface area contributed by atoms with Crippen molar-refractivity contribution in [1.82, 2.24) is 0 Å². The smallest absolute Gasteiger partial charge is 0.314 e. The van der Waals surface area contributed by atoms with Gasteiger partial charge < -0.3 is 5.11 Å². The molecule has 1 aromatic rings. The van der Waals surface area contributed by atoms with Gasteiger partial charge in [-0.15, -0.1) is 0 Å². The van der Waals surface area contributed by atoms with Crippen molar-refractivity contribution >= 4 is 17.6 Å². The summed E-state index contributed by atoms with van der Waals surface area (Å²) < 4.78 is 27.6. The summed E-state index contributed by atoms with van der Waals surface area (Å²) in [6.45, 7) is 0.752. The van der Waals surface area contributed by atoms with Crippen LogP contribution < -0.4 is 0 Å². The molecule has 0 aliphatic heterocycles. The van der Waals surface area contributed by atoms with Gasteiger partial charge in [0, 0.05) is 12.5 Å². The Labute approximate surface area is 115 Å². The highest BCUT2D eigenvalue weighted by atomic mass is 35.5. The molecule has 0 spiro atoms. The minimum atomic E-state index is -3.15. The highest BCUT2D eigenvalue weighted by Crippen LogP contribution is 2.47. The van der Waals surface area contributed by atoms with Gasteiger partial charge in [0.2, 0.25) is 0 Å². The van der Waals surface area contributed by atoms with Crippen LogP contribution in [-0.4, -0.2) is 11.1 Å². The maximum absolute atomic E-state index is 13.8. The normalized spacial score (nSPS) is 18.5. The Kier molecular flexibility index (Phi) is 3.56. The van der Waals surface area contributed by atoms with E-state index < -0.39 is 17.3 Å². The number of alkyl halides is 2. The second kappa shape index (κ2) is 4.75. The van der Waals surface area contributed by atoms with Crippen molar-refractivity contribution in [1.29, 1.82) is 0 Å². The van der Waals surface area contributed by atoms with Gasteiger partial charge in [0.25, 0.3) is 5.92 Å². The minimum absolute atomic E-state index is 0.0717. The van der Waals surface area contributed by atoms with Crippen LogP contribution in [0.4, 0.5) is 8.78 Å². The zero-order valence-electron chi connectivity index (χ0n) is 10.5. The van der Waals surface area contributed by atoms with Gasteiger partial charge >= 0.3 is 5.97 Å². The van der Waals surface area contributed by atoms with Crippen LogP contribution in [0, 0.1) is 0 Å². The van der Waals surface area contributed by atoms with Gasteiger partial charge in [0.05, 0.1) is 10.4 Å². The Morgan fingerprint density at radius 1 is 1.37 bits per heavy atom. The highest BCUT2D eigenvalue weighted by molar-refractivity contribution is 6.31. The van der Waals surface area contributed by atoms with Crippen LogP contribution in [0.2, 0.25) is 5.02 Å². The number of carboxylic acid groups (broad SMARTS) is 1. The van der Waals surface area contributed by atoms with E-state index in [1.165, 1.54) is 18.2 Å². The predicted molar refractivity (Wildman–Crippen MR) is 68.8 cm³/mol. The molecule has 0 bridgehead atoms. The summed E-state index contributed by atoms with van der Waals surface area (Å²) in [5, 5.41) is 9.44. The van der Waals surface area contributed by atoms with Crippen LogP contribution in [0.1, 0.15) is 43.7 Å². The largest absolute Gasteiger partial charge is 0.481 e. The van der Waals surface area contributed by atoms with Gasteiger partial charge in [-0.25, -0.2) is 8.78 Å². The van der Waals surface area contributed by atoms with E-state index in [1.807, 2.05) is 0 Å². The summed E-state index contributed by atoms with van der Waals surface area (Å²) >= 11 is 5.89. The maximum atomic E-state index is 13.8. The summed E-state index contributed by atoms with van der Waals surface area (Å²) in [7, 11) is 0. The SMILES string of the molecule is CC(F)(F)c1c(Cl)cccc1C1(C(=O)O)CCCC1. The number of rotatable bonds is 3. The molecule has 19 heavy (non-hydrogen) atoms. The Morgan fingerprint density at radius 3 is 2.42 bits per heavy atom. The Morgan fingerprint density at radius 2 is 1.95 bits per heavy atom. The fourth-order valence-electron chi connectivity index (χ4n) is 2.95. The summed E-state index contributed by atoms with van der Waals surface area (Å²) in [4.78, 5) is 11.6. The number of halogens is 3. The van der Waals surface area contributed by atoms with Gasteiger partial charge in [0.15, 0.2) is 0 Å². The predicted octanol–water partition coefficient (Wildman–Crippen LogP) is 4.35. The number of carbonyl (C=O) groups is 1. The molecule has 0 unspecified atom stereocenters. The van der Waals surface area contributed by atoms with E-state index >= 15 is 0 Å². The van der Waals surface area contributed by atoms with Crippen molar-refractivity contribution in [2.75, 3.05) is 0 Å². The second-order valence-corrected chi connectivity index (χ2v) is 5.55. The average molecular weight is 289 g/mol. The van der Waals surface area contributed by atoms with Crippen LogP contribution in [0.15, 0.2) is 18.2 Å². The highest BCUT2D eigenvalue weighted by Gasteiger charge is 2.47. The van der Waals surface area contributed by atoms with Crippen molar-refractivity contribution in [3.8, 4) is 0 Å². The van der Waals surface area contributed by atoms with Gasteiger partial charge in [-0.2, -0.15) is 0 Å². The number of aliphatic carboxylic acids is 1. The molecular weight excluding hydrogens is 274 g/mol. The van der Waals surface area contributed by atoms with Gasteiger partial charge in [0.1, 0.15) is 0 Å². The molecule has 2 rings (SSSR count). The third-order valence-electron chi connectivity index (χ3n) is 3.83. The first-order valence-electron chi connectivity index (χ1n) is 6.20. The summed E-state index contributed by atoms with van der Waals surface area (Å²) in [5.41, 5.74) is -1.40. The zero-order valence-corrected chi connectivity index (χ0v) is 11.3. The quantitative estimate of drug-likeness (QED) is 0.898. The first-order valence-corrected chi connectivity index (χ1v) is 6.57. The van der Waals surface area contributed by atoms with E-state index in [0.717, 1.165) is 19.8 Å². The lowest BCUT2D eigenvalue weighted by Crippen LogP contribution is -2.35. The molecule has 1 aliphatic rings. The lowest BCUT2D eigenvalue weighted by Gasteiger charge is -2.29. The molecule has 0 saturated heterocycles. The van der Waals surface area contributed by atoms with E-state index in [2.05, 4.69) is 0 Å². The fourth-order valence-corrected chi connectivity index (χ4v) is 3.29. The number of benzene rings is 1. The van der Waals surface area contributed by atoms with E-state index in [9.17, 15) is 18.7 Å². The molecule has 1 aromatic carbocycles. The molecule has 0 aromatic heterocycles. The average Bonchev–Trinajstić information content (AvgIpc) is 2.76. The number of carboxylic acids is 1. The zero-order chi connectivity index (χ0) is 14.3. The molecule has 2 nitrogen and oxygen atoms in total. The van der Waals surface area contributed by atoms with Gasteiger partial charge in [-0.05, 0) is 24.5 Å². The van der Waals surface area contributed by atoms with Crippen LogP contribution in [0.5, 0.6) is 0 Å². The molecule has 1 aliphatic carbocycles. The molecule has 0 heterocycles. The molecule has 1 saturated carbocycles. The lowest BCUT2D eigenvalue weighted by atomic mass is 9.75. The van der Waals surface area contributed by atoms with E-state index in [0.29, 0.717) is 12.8 Å². The first-order chi connectivity index (χ1) is 8.79. The molecular formula is C14H15ClF2O2. The summed E-state index contributed by atoms with van der Waals surface area (Å²) in [6.07, 6.45) is 2.22. The van der Waals surface area contributed by atoms with Crippen LogP contribution in [0.3, 0.4) is 0 Å². The molecule has 104 valence electrons. The van der Waals surface area contributed by atoms with Crippen LogP contribution >= 0.6 is 11.6 Å². The van der Waals surface area contributed by atoms with E-state index in [1.54, 1.807) is 0 Å². The molecule has 0 amide bonds. The molecule has 5 heteroatoms. The lowest BCUT2D eigenvalue weighted by molar-refractivity contribution is -0.143. The molecule has 1 fully saturated rings. The van der Waals surface area contributed by atoms with Crippen molar-refractivity contribution in [2.24, 2.45) is 0 Å². The maximum Gasteiger partial charge on any atom is 0.314 e. The molecule has 1 N–H and O–H groups in total. The third kappa shape index (κ3) is 2.34. The summed E-state index contributed by atoms with van der Waals surface area (Å²) in [6, 6.07) is 4.39. The minimum Gasteiger partial charge on any atom is -0.481 e. The van der Waals surface area contributed by atoms with E-state index in [4.69, 9.17) is 11.6 Å². The number of hydrogen-bond donors (Lipinski definition) is 1. The topological polar surface area (TPSA) is 37.3 Å². The number of hydrogen-bond acceptors (Lipinski definition) is 1. The van der Waals surface area contributed by atoms with Crippen molar-refractivity contribution in [3.63, 3.8) is 0 Å². The standard InChI is InChI=1S/C14H15ClF2O2/c1-13(16,17)11-9(5-4-6-10(11)15)14(12(18)19)7-2-3-8-14/h4-6H,2-3,7-8H2,1H3,(H,18,19). The van der Waals surface area contributed by atoms with Crippen molar-refractivity contribution < 1.29 is 18.7 Å². The fraction of sp³-hybridized carbons (Fsp3) is 0.500. The Balaban J connectivity index is 2.68. The van der Waals surface area contributed by atoms with Gasteiger partial charge in [-0.3, -0.25) is 4.79 Å². The van der Waals surface area contributed by atoms with Crippen LogP contribution in [-0.2, 0) is 16.1 Å². The third-order valence-corrected chi connectivity index (χ3v) is 4.15. The Bertz CT molecular complexity index is 503. The van der Waals surface area contributed by atoms with Crippen molar-refractivity contribution in [3.05, 3.63) is 34.3 Å². The van der Waals surface area contributed by atoms with Crippen LogP contribution in [0.25, 0.3) is 0 Å². The molecule has 0 atom stereocenters. The second-order valence-electron chi connectivity index (χ2n) is 5.15. The Hall–Kier alpha value is -1.16. The van der Waals surface area contributed by atoms with Crippen molar-refractivity contribution in [2.45, 2.75) is 43.9 Å². The monoisotopic (exact) mass is 288 g/mol. The van der Waals surface area contributed by atoms with Gasteiger partial charge in [-0.1, -0.05) is 36.6 Å². The molecule has 0 radical (unpaired) electrons. The first kappa shape index (κ1) is 14.3. The van der Waals surface area contributed by atoms with E-state index in [-0.39, 0.29) is 16.1 Å². The summed E-state index contributed by atoms with van der Waals surface area (Å²) in [5.74, 6) is -4.20.